The van der Waals surface area contributed by atoms with E-state index in [-0.39, 0.29) is 10.6 Å². The summed E-state index contributed by atoms with van der Waals surface area (Å²) in [6.45, 7) is 1.25. The van der Waals surface area contributed by atoms with E-state index in [1.807, 2.05) is 0 Å². The smallest absolute Gasteiger partial charge is 0.418 e. The molecule has 138 valence electrons. The molecule has 1 atom stereocenters. The van der Waals surface area contributed by atoms with Crippen molar-refractivity contribution in [2.45, 2.75) is 19.2 Å². The molecule has 1 N–H and O–H groups in total. The Morgan fingerprint density at radius 3 is 2.50 bits per heavy atom. The average Bonchev–Trinajstić information content (AvgIpc) is 2.56. The second-order valence-electron chi connectivity index (χ2n) is 5.20. The molecule has 0 saturated carbocycles. The summed E-state index contributed by atoms with van der Waals surface area (Å²) in [5.41, 5.74) is -1.40. The van der Waals surface area contributed by atoms with Crippen LogP contribution in [0.2, 0.25) is 5.02 Å². The van der Waals surface area contributed by atoms with Gasteiger partial charge < -0.3 is 10.1 Å². The Morgan fingerprint density at radius 1 is 1.19 bits per heavy atom. The molecule has 2 aromatic rings. The molecule has 0 aliphatic heterocycles. The van der Waals surface area contributed by atoms with Crippen molar-refractivity contribution in [1.82, 2.24) is 0 Å². The molecule has 0 spiro atoms. The predicted octanol–water partition coefficient (Wildman–Crippen LogP) is 5.31. The number of hydrogen-bond acceptors (Lipinski definition) is 3. The van der Waals surface area contributed by atoms with Gasteiger partial charge in [-0.1, -0.05) is 39.7 Å². The average molecular weight is 451 g/mol. The predicted molar refractivity (Wildman–Crippen MR) is 94.1 cm³/mol. The molecule has 1 amide bonds. The molecular formula is C17H12BrClF3NO3. The van der Waals surface area contributed by atoms with Gasteiger partial charge >= 0.3 is 12.1 Å². The van der Waals surface area contributed by atoms with Crippen LogP contribution in [0.1, 0.15) is 22.8 Å². The van der Waals surface area contributed by atoms with Crippen LogP contribution in [-0.4, -0.2) is 18.0 Å². The van der Waals surface area contributed by atoms with Gasteiger partial charge in [0.25, 0.3) is 5.91 Å². The van der Waals surface area contributed by atoms with Crippen molar-refractivity contribution in [2.24, 2.45) is 0 Å². The maximum absolute atomic E-state index is 13.0. The zero-order valence-corrected chi connectivity index (χ0v) is 15.6. The number of halogens is 5. The van der Waals surface area contributed by atoms with Crippen LogP contribution in [0.15, 0.2) is 46.9 Å². The van der Waals surface area contributed by atoms with Crippen LogP contribution in [0.4, 0.5) is 18.9 Å². The van der Waals surface area contributed by atoms with Gasteiger partial charge in [-0.15, -0.1) is 0 Å². The Morgan fingerprint density at radius 2 is 1.85 bits per heavy atom. The molecule has 9 heteroatoms. The summed E-state index contributed by atoms with van der Waals surface area (Å²) in [5.74, 6) is -1.77. The van der Waals surface area contributed by atoms with Crippen LogP contribution in [-0.2, 0) is 15.7 Å². The molecule has 0 radical (unpaired) electrons. The van der Waals surface area contributed by atoms with E-state index in [1.54, 1.807) is 6.07 Å². The van der Waals surface area contributed by atoms with E-state index in [2.05, 4.69) is 21.2 Å². The number of ether oxygens (including phenoxy) is 1. The highest BCUT2D eigenvalue weighted by atomic mass is 79.9. The fourth-order valence-corrected chi connectivity index (χ4v) is 2.56. The van der Waals surface area contributed by atoms with Gasteiger partial charge in [0.05, 0.1) is 21.8 Å². The van der Waals surface area contributed by atoms with E-state index >= 15 is 0 Å². The van der Waals surface area contributed by atoms with Crippen LogP contribution in [0.3, 0.4) is 0 Å². The van der Waals surface area contributed by atoms with Gasteiger partial charge in [0.2, 0.25) is 0 Å². The molecule has 2 aromatic carbocycles. The maximum Gasteiger partial charge on any atom is 0.418 e. The van der Waals surface area contributed by atoms with Crippen molar-refractivity contribution < 1.29 is 27.5 Å². The quantitative estimate of drug-likeness (QED) is 0.643. The highest BCUT2D eigenvalue weighted by Crippen LogP contribution is 2.34. The molecule has 0 saturated heterocycles. The SMILES string of the molecule is CC(OC(=O)c1cc(Br)ccc1Cl)C(=O)Nc1ccccc1C(F)(F)F. The molecular weight excluding hydrogens is 439 g/mol. The first-order chi connectivity index (χ1) is 12.1. The van der Waals surface area contributed by atoms with Crippen molar-refractivity contribution in [3.63, 3.8) is 0 Å². The third kappa shape index (κ3) is 4.98. The number of benzene rings is 2. The zero-order valence-electron chi connectivity index (χ0n) is 13.2. The Hall–Kier alpha value is -2.06. The number of hydrogen-bond donors (Lipinski definition) is 1. The van der Waals surface area contributed by atoms with Crippen molar-refractivity contribution in [3.05, 3.63) is 63.1 Å². The van der Waals surface area contributed by atoms with E-state index in [4.69, 9.17) is 16.3 Å². The number of anilines is 1. The van der Waals surface area contributed by atoms with Crippen molar-refractivity contribution >= 4 is 45.1 Å². The zero-order chi connectivity index (χ0) is 19.5. The lowest BCUT2D eigenvalue weighted by Crippen LogP contribution is -2.30. The molecule has 0 aromatic heterocycles. The van der Waals surface area contributed by atoms with E-state index in [0.717, 1.165) is 12.1 Å². The maximum atomic E-state index is 13.0. The molecule has 1 unspecified atom stereocenters. The third-order valence-electron chi connectivity index (χ3n) is 3.29. The minimum atomic E-state index is -4.63. The molecule has 2 rings (SSSR count). The minimum Gasteiger partial charge on any atom is -0.449 e. The number of nitrogens with one attached hydrogen (secondary N) is 1. The van der Waals surface area contributed by atoms with Gasteiger partial charge in [0.1, 0.15) is 0 Å². The summed E-state index contributed by atoms with van der Waals surface area (Å²) in [6.07, 6.45) is -5.97. The standard InChI is InChI=1S/C17H12BrClF3NO3/c1-9(26-16(25)11-8-10(18)6-7-13(11)19)15(24)23-14-5-3-2-4-12(14)17(20,21)22/h2-9H,1H3,(H,23,24). The van der Waals surface area contributed by atoms with Gasteiger partial charge in [-0.3, -0.25) is 4.79 Å². The number of esters is 1. The lowest BCUT2D eigenvalue weighted by molar-refractivity contribution is -0.137. The van der Waals surface area contributed by atoms with Gasteiger partial charge in [-0.05, 0) is 37.3 Å². The summed E-state index contributed by atoms with van der Waals surface area (Å²) >= 11 is 9.09. The van der Waals surface area contributed by atoms with E-state index < -0.39 is 35.4 Å². The summed E-state index contributed by atoms with van der Waals surface area (Å²) < 4.78 is 44.4. The van der Waals surface area contributed by atoms with Crippen LogP contribution < -0.4 is 5.32 Å². The topological polar surface area (TPSA) is 55.4 Å². The fourth-order valence-electron chi connectivity index (χ4n) is 2.01. The lowest BCUT2D eigenvalue weighted by Gasteiger charge is -2.17. The number of rotatable bonds is 4. The Bertz CT molecular complexity index is 842. The van der Waals surface area contributed by atoms with Crippen LogP contribution in [0, 0.1) is 0 Å². The molecule has 0 fully saturated rings. The van der Waals surface area contributed by atoms with Crippen LogP contribution in [0.25, 0.3) is 0 Å². The normalized spacial score (nSPS) is 12.4. The number of alkyl halides is 3. The van der Waals surface area contributed by atoms with Gasteiger partial charge in [-0.2, -0.15) is 13.2 Å². The first-order valence-electron chi connectivity index (χ1n) is 7.22. The molecule has 0 heterocycles. The summed E-state index contributed by atoms with van der Waals surface area (Å²) in [6, 6.07) is 9.00. The highest BCUT2D eigenvalue weighted by molar-refractivity contribution is 9.10. The molecule has 0 aliphatic rings. The van der Waals surface area contributed by atoms with Crippen molar-refractivity contribution in [3.8, 4) is 0 Å². The fraction of sp³-hybridized carbons (Fsp3) is 0.176. The first-order valence-corrected chi connectivity index (χ1v) is 8.40. The third-order valence-corrected chi connectivity index (χ3v) is 4.11. The second-order valence-corrected chi connectivity index (χ2v) is 6.53. The number of carbonyl (C=O) groups excluding carboxylic acids is 2. The summed E-state index contributed by atoms with van der Waals surface area (Å²) in [7, 11) is 0. The van der Waals surface area contributed by atoms with E-state index in [9.17, 15) is 22.8 Å². The minimum absolute atomic E-state index is 0.0244. The van der Waals surface area contributed by atoms with Crippen molar-refractivity contribution in [2.75, 3.05) is 5.32 Å². The number of carbonyl (C=O) groups is 2. The lowest BCUT2D eigenvalue weighted by atomic mass is 10.1. The Labute approximate surface area is 160 Å². The van der Waals surface area contributed by atoms with Gasteiger partial charge in [0.15, 0.2) is 6.10 Å². The van der Waals surface area contributed by atoms with Crippen molar-refractivity contribution in [1.29, 1.82) is 0 Å². The first kappa shape index (κ1) is 20.3. The molecule has 4 nitrogen and oxygen atoms in total. The summed E-state index contributed by atoms with van der Waals surface area (Å²) in [4.78, 5) is 24.2. The monoisotopic (exact) mass is 449 g/mol. The molecule has 26 heavy (non-hydrogen) atoms. The molecule has 0 aliphatic carbocycles. The largest absolute Gasteiger partial charge is 0.449 e. The summed E-state index contributed by atoms with van der Waals surface area (Å²) in [5, 5.41) is 2.24. The molecule has 0 bridgehead atoms. The van der Waals surface area contributed by atoms with Gasteiger partial charge in [-0.25, -0.2) is 4.79 Å². The van der Waals surface area contributed by atoms with Gasteiger partial charge in [0, 0.05) is 4.47 Å². The second kappa shape index (κ2) is 8.09. The Kier molecular flexibility index (Phi) is 6.30. The number of amides is 1. The van der Waals surface area contributed by atoms with E-state index in [1.165, 1.54) is 31.2 Å². The highest BCUT2D eigenvalue weighted by Gasteiger charge is 2.34. The Balaban J connectivity index is 2.11. The van der Waals surface area contributed by atoms with Crippen LogP contribution >= 0.6 is 27.5 Å². The van der Waals surface area contributed by atoms with Crippen LogP contribution in [0.5, 0.6) is 0 Å². The number of para-hydroxylation sites is 1. The van der Waals surface area contributed by atoms with E-state index in [0.29, 0.717) is 4.47 Å².